The first-order valence-electron chi connectivity index (χ1n) is 9.53. The Labute approximate surface area is 230 Å². The second-order valence-electron chi connectivity index (χ2n) is 7.15. The van der Waals surface area contributed by atoms with Crippen molar-refractivity contribution < 1.29 is 31.1 Å². The summed E-state index contributed by atoms with van der Waals surface area (Å²) in [7, 11) is 0. The predicted molar refractivity (Wildman–Crippen MR) is 137 cm³/mol. The predicted octanol–water partition coefficient (Wildman–Crippen LogP) is 8.49. The van der Waals surface area contributed by atoms with Gasteiger partial charge in [-0.25, -0.2) is 0 Å². The van der Waals surface area contributed by atoms with Crippen molar-refractivity contribution >= 4 is 79.9 Å². The molecule has 36 heavy (non-hydrogen) atoms. The zero-order valence-electron chi connectivity index (χ0n) is 17.6. The van der Waals surface area contributed by atoms with Gasteiger partial charge in [0.2, 0.25) is 0 Å². The Bertz CT molecular complexity index is 1190. The first-order chi connectivity index (χ1) is 16.5. The van der Waals surface area contributed by atoms with E-state index in [4.69, 9.17) is 47.0 Å². The maximum atomic E-state index is 13.7. The topological polar surface area (TPSA) is 41.1 Å². The monoisotopic (exact) mass is 652 g/mol. The van der Waals surface area contributed by atoms with Gasteiger partial charge >= 0.3 is 12.4 Å². The van der Waals surface area contributed by atoms with Gasteiger partial charge in [0, 0.05) is 4.47 Å². The second kappa shape index (κ2) is 12.2. The van der Waals surface area contributed by atoms with Crippen molar-refractivity contribution in [2.75, 3.05) is 6.54 Å². The second-order valence-corrected chi connectivity index (χ2v) is 9.60. The maximum Gasteiger partial charge on any atom is 0.405 e. The lowest BCUT2D eigenvalue weighted by Gasteiger charge is -2.18. The molecule has 194 valence electrons. The minimum Gasteiger partial charge on any atom is -0.366 e. The number of rotatable bonds is 7. The highest BCUT2D eigenvalue weighted by Gasteiger charge is 2.39. The zero-order valence-corrected chi connectivity index (χ0v) is 22.3. The fourth-order valence-electron chi connectivity index (χ4n) is 2.74. The molecule has 0 aliphatic heterocycles. The highest BCUT2D eigenvalue weighted by Crippen LogP contribution is 2.41. The van der Waals surface area contributed by atoms with Crippen LogP contribution in [0.15, 0.2) is 53.2 Å². The van der Waals surface area contributed by atoms with Crippen molar-refractivity contribution in [1.82, 2.24) is 10.6 Å². The summed E-state index contributed by atoms with van der Waals surface area (Å²) in [6.45, 7) is 2.02. The quantitative estimate of drug-likeness (QED) is 0.136. The maximum absolute atomic E-state index is 13.7. The van der Waals surface area contributed by atoms with Crippen LogP contribution in [0.5, 0.6) is 0 Å². The number of allylic oxidation sites excluding steroid dienone is 1. The van der Waals surface area contributed by atoms with E-state index in [1.165, 1.54) is 24.3 Å². The van der Waals surface area contributed by atoms with Gasteiger partial charge in [0.15, 0.2) is 0 Å². The van der Waals surface area contributed by atoms with Crippen LogP contribution in [0.2, 0.25) is 15.1 Å². The summed E-state index contributed by atoms with van der Waals surface area (Å²) < 4.78 is 78.2. The number of thiocarbonyl (C=S) groups is 1. The number of halogens is 10. The number of carbonyl (C=O) groups is 1. The fourth-order valence-corrected chi connectivity index (χ4v) is 4.05. The van der Waals surface area contributed by atoms with E-state index in [1.54, 1.807) is 0 Å². The van der Waals surface area contributed by atoms with Crippen molar-refractivity contribution in [2.45, 2.75) is 18.3 Å². The van der Waals surface area contributed by atoms with Gasteiger partial charge in [0.05, 0.1) is 32.2 Å². The van der Waals surface area contributed by atoms with Crippen LogP contribution in [-0.2, 0) is 0 Å². The molecule has 0 aromatic heterocycles. The lowest BCUT2D eigenvalue weighted by Crippen LogP contribution is -2.38. The standard InChI is InChI=1S/C22H14BrCl3F6N2OS/c1-10(20(36)33-9-21(27,28)29)34-19(35)13-4-2-11(6-15(13)23)3-5-14(22(30,31)32)12-7-16(24)18(26)17(25)8-12/h2-8,14H,1,9H2,(H,33,36)(H,34,35)/b5-3+. The SMILES string of the molecule is C=C(NC(=O)c1ccc(/C=C/C(c2cc(Cl)c(Cl)c(Cl)c2)C(F)(F)F)cc1Br)C(=S)NCC(F)(F)F. The van der Waals surface area contributed by atoms with Crippen LogP contribution in [0.25, 0.3) is 6.08 Å². The summed E-state index contributed by atoms with van der Waals surface area (Å²) in [5, 5.41) is 3.86. The zero-order chi connectivity index (χ0) is 27.4. The van der Waals surface area contributed by atoms with E-state index in [-0.39, 0.29) is 36.4 Å². The summed E-state index contributed by atoms with van der Waals surface area (Å²) in [5.41, 5.74) is -0.138. The molecule has 1 unspecified atom stereocenters. The lowest BCUT2D eigenvalue weighted by molar-refractivity contribution is -0.139. The van der Waals surface area contributed by atoms with Gasteiger partial charge in [0.1, 0.15) is 11.5 Å². The molecule has 0 aliphatic rings. The molecule has 3 nitrogen and oxygen atoms in total. The smallest absolute Gasteiger partial charge is 0.366 e. The minimum absolute atomic E-state index is 0.0376. The van der Waals surface area contributed by atoms with Gasteiger partial charge < -0.3 is 10.6 Å². The first kappa shape index (κ1) is 30.4. The molecule has 0 spiro atoms. The van der Waals surface area contributed by atoms with Crippen LogP contribution in [0.3, 0.4) is 0 Å². The van der Waals surface area contributed by atoms with Crippen LogP contribution in [0, 0.1) is 0 Å². The van der Waals surface area contributed by atoms with E-state index in [0.717, 1.165) is 18.2 Å². The molecular weight excluding hydrogens is 641 g/mol. The Hall–Kier alpha value is -1.79. The molecule has 2 aromatic rings. The van der Waals surface area contributed by atoms with Crippen molar-refractivity contribution in [3.8, 4) is 0 Å². The number of hydrogen-bond acceptors (Lipinski definition) is 2. The van der Waals surface area contributed by atoms with Crippen molar-refractivity contribution in [3.63, 3.8) is 0 Å². The van der Waals surface area contributed by atoms with Crippen LogP contribution < -0.4 is 10.6 Å². The highest BCUT2D eigenvalue weighted by molar-refractivity contribution is 9.10. The average Bonchev–Trinajstić information content (AvgIpc) is 2.74. The number of benzene rings is 2. The number of hydrogen-bond donors (Lipinski definition) is 2. The lowest BCUT2D eigenvalue weighted by atomic mass is 9.97. The molecule has 1 amide bonds. The summed E-state index contributed by atoms with van der Waals surface area (Å²) in [6.07, 6.45) is -7.11. The number of carbonyl (C=O) groups excluding carboxylic acids is 1. The van der Waals surface area contributed by atoms with Crippen molar-refractivity contribution in [2.24, 2.45) is 0 Å². The molecule has 0 heterocycles. The van der Waals surface area contributed by atoms with Gasteiger partial charge in [-0.3, -0.25) is 4.79 Å². The Kier molecular flexibility index (Phi) is 10.3. The molecule has 0 saturated heterocycles. The van der Waals surface area contributed by atoms with Gasteiger partial charge in [0.25, 0.3) is 5.91 Å². The molecular formula is C22H14BrCl3F6N2OS. The molecule has 2 N–H and O–H groups in total. The van der Waals surface area contributed by atoms with E-state index in [2.05, 4.69) is 27.8 Å². The van der Waals surface area contributed by atoms with Crippen molar-refractivity contribution in [1.29, 1.82) is 0 Å². The molecule has 1 atom stereocenters. The minimum atomic E-state index is -4.67. The molecule has 14 heteroatoms. The van der Waals surface area contributed by atoms with Crippen LogP contribution >= 0.6 is 63.0 Å². The van der Waals surface area contributed by atoms with Crippen molar-refractivity contribution in [3.05, 3.63) is 84.9 Å². The van der Waals surface area contributed by atoms with Crippen LogP contribution in [0.4, 0.5) is 26.3 Å². The van der Waals surface area contributed by atoms with Gasteiger partial charge in [-0.15, -0.1) is 0 Å². The van der Waals surface area contributed by atoms with Gasteiger partial charge in [-0.2, -0.15) is 26.3 Å². The molecule has 0 bridgehead atoms. The normalized spacial score (nSPS) is 12.9. The summed E-state index contributed by atoms with van der Waals surface area (Å²) >= 11 is 25.5. The van der Waals surface area contributed by atoms with Gasteiger partial charge in [-0.1, -0.05) is 71.8 Å². The number of alkyl halides is 6. The van der Waals surface area contributed by atoms with Gasteiger partial charge in [-0.05, 0) is 51.3 Å². The number of amides is 1. The number of nitrogens with one attached hydrogen (secondary N) is 2. The Morgan fingerprint density at radius 1 is 1.08 bits per heavy atom. The third-order valence-corrected chi connectivity index (χ3v) is 6.67. The summed E-state index contributed by atoms with van der Waals surface area (Å²) in [5.74, 6) is -2.81. The van der Waals surface area contributed by atoms with E-state index in [9.17, 15) is 31.1 Å². The van der Waals surface area contributed by atoms with E-state index in [0.29, 0.717) is 5.56 Å². The molecule has 0 saturated carbocycles. The Balaban J connectivity index is 2.20. The fraction of sp³-hybridized carbons (Fsp3) is 0.182. The van der Waals surface area contributed by atoms with Crippen LogP contribution in [-0.4, -0.2) is 29.8 Å². The molecule has 0 aliphatic carbocycles. The average molecular weight is 655 g/mol. The largest absolute Gasteiger partial charge is 0.405 e. The summed E-state index contributed by atoms with van der Waals surface area (Å²) in [4.78, 5) is 12.0. The molecule has 0 radical (unpaired) electrons. The third-order valence-electron chi connectivity index (χ3n) is 4.42. The third kappa shape index (κ3) is 8.65. The van der Waals surface area contributed by atoms with Crippen LogP contribution in [0.1, 0.15) is 27.4 Å². The molecule has 2 aromatic carbocycles. The Morgan fingerprint density at radius 2 is 1.67 bits per heavy atom. The summed E-state index contributed by atoms with van der Waals surface area (Å²) in [6, 6.07) is 6.19. The van der Waals surface area contributed by atoms with E-state index in [1.807, 2.05) is 5.32 Å². The Morgan fingerprint density at radius 3 is 2.17 bits per heavy atom. The van der Waals surface area contributed by atoms with E-state index >= 15 is 0 Å². The highest BCUT2D eigenvalue weighted by atomic mass is 79.9. The first-order valence-corrected chi connectivity index (χ1v) is 11.9. The molecule has 0 fully saturated rings. The van der Waals surface area contributed by atoms with E-state index < -0.39 is 35.7 Å². The molecule has 2 rings (SSSR count).